The van der Waals surface area contributed by atoms with E-state index in [1.54, 1.807) is 0 Å². The Balaban J connectivity index is 2.95. The van der Waals surface area contributed by atoms with Crippen LogP contribution in [-0.2, 0) is 0 Å². The zero-order valence-electron chi connectivity index (χ0n) is 12.9. The summed E-state index contributed by atoms with van der Waals surface area (Å²) in [5.41, 5.74) is 2.26. The number of benzene rings is 1. The average molecular weight is 263 g/mol. The van der Waals surface area contributed by atoms with E-state index in [1.807, 2.05) is 13.0 Å². The van der Waals surface area contributed by atoms with Crippen molar-refractivity contribution in [3.8, 4) is 0 Å². The molecule has 0 unspecified atom stereocenters. The number of anilines is 1. The fourth-order valence-electron chi connectivity index (χ4n) is 2.44. The molecule has 0 aliphatic heterocycles. The first kappa shape index (κ1) is 16.0. The SMILES string of the molecule is CCCCCN(c1ccccc1[C@H](O)CC)C(C)C. The number of unbranched alkanes of at least 4 members (excludes halogenated alkanes) is 2. The van der Waals surface area contributed by atoms with Crippen LogP contribution in [0.3, 0.4) is 0 Å². The van der Waals surface area contributed by atoms with Crippen molar-refractivity contribution in [2.45, 2.75) is 65.5 Å². The average Bonchev–Trinajstić information content (AvgIpc) is 2.42. The van der Waals surface area contributed by atoms with Gasteiger partial charge >= 0.3 is 0 Å². The minimum atomic E-state index is -0.358. The predicted molar refractivity (Wildman–Crippen MR) is 83.7 cm³/mol. The molecular formula is C17H29NO. The lowest BCUT2D eigenvalue weighted by Gasteiger charge is -2.32. The quantitative estimate of drug-likeness (QED) is 0.696. The summed E-state index contributed by atoms with van der Waals surface area (Å²) in [5.74, 6) is 0. The zero-order valence-corrected chi connectivity index (χ0v) is 12.9. The molecule has 2 nitrogen and oxygen atoms in total. The monoisotopic (exact) mass is 263 g/mol. The van der Waals surface area contributed by atoms with E-state index in [1.165, 1.54) is 24.9 Å². The number of aliphatic hydroxyl groups excluding tert-OH is 1. The van der Waals surface area contributed by atoms with Gasteiger partial charge in [0.25, 0.3) is 0 Å². The van der Waals surface area contributed by atoms with Gasteiger partial charge in [-0.05, 0) is 32.8 Å². The second kappa shape index (κ2) is 8.21. The highest BCUT2D eigenvalue weighted by molar-refractivity contribution is 5.55. The number of para-hydroxylation sites is 1. The lowest BCUT2D eigenvalue weighted by atomic mass is 10.0. The summed E-state index contributed by atoms with van der Waals surface area (Å²) in [6, 6.07) is 8.74. The van der Waals surface area contributed by atoms with Crippen LogP contribution >= 0.6 is 0 Å². The summed E-state index contributed by atoms with van der Waals surface area (Å²) in [6.45, 7) is 9.77. The summed E-state index contributed by atoms with van der Waals surface area (Å²) < 4.78 is 0. The van der Waals surface area contributed by atoms with E-state index in [0.29, 0.717) is 6.04 Å². The summed E-state index contributed by atoms with van der Waals surface area (Å²) in [6.07, 6.45) is 4.12. The molecule has 0 heterocycles. The second-order valence-electron chi connectivity index (χ2n) is 5.48. The normalized spacial score (nSPS) is 12.7. The topological polar surface area (TPSA) is 23.5 Å². The van der Waals surface area contributed by atoms with Gasteiger partial charge < -0.3 is 10.0 Å². The molecule has 0 saturated carbocycles. The number of aliphatic hydroxyl groups is 1. The van der Waals surface area contributed by atoms with E-state index in [0.717, 1.165) is 18.5 Å². The predicted octanol–water partition coefficient (Wildman–Crippen LogP) is 4.54. The van der Waals surface area contributed by atoms with Crippen molar-refractivity contribution in [1.82, 2.24) is 0 Å². The highest BCUT2D eigenvalue weighted by Gasteiger charge is 2.17. The number of rotatable bonds is 8. The minimum absolute atomic E-state index is 0.358. The third-order valence-electron chi connectivity index (χ3n) is 3.62. The van der Waals surface area contributed by atoms with Crippen molar-refractivity contribution >= 4 is 5.69 Å². The molecule has 1 atom stereocenters. The highest BCUT2D eigenvalue weighted by Crippen LogP contribution is 2.29. The van der Waals surface area contributed by atoms with Gasteiger partial charge in [-0.3, -0.25) is 0 Å². The molecule has 108 valence electrons. The van der Waals surface area contributed by atoms with Crippen LogP contribution in [0.1, 0.15) is 65.0 Å². The van der Waals surface area contributed by atoms with E-state index in [2.05, 4.69) is 43.9 Å². The molecule has 1 aromatic carbocycles. The first-order valence-electron chi connectivity index (χ1n) is 7.65. The van der Waals surface area contributed by atoms with Gasteiger partial charge in [0.05, 0.1) is 6.10 Å². The Morgan fingerprint density at radius 1 is 1.11 bits per heavy atom. The molecule has 1 rings (SSSR count). The molecule has 1 N–H and O–H groups in total. The Kier molecular flexibility index (Phi) is 6.93. The fraction of sp³-hybridized carbons (Fsp3) is 0.647. The number of hydrogen-bond acceptors (Lipinski definition) is 2. The largest absolute Gasteiger partial charge is 0.388 e. The van der Waals surface area contributed by atoms with Crippen LogP contribution in [0.2, 0.25) is 0 Å². The summed E-state index contributed by atoms with van der Waals surface area (Å²) in [5, 5.41) is 10.2. The Bertz CT molecular complexity index is 362. The summed E-state index contributed by atoms with van der Waals surface area (Å²) in [7, 11) is 0. The maximum atomic E-state index is 10.2. The Morgan fingerprint density at radius 3 is 2.37 bits per heavy atom. The molecule has 1 aromatic rings. The van der Waals surface area contributed by atoms with E-state index in [-0.39, 0.29) is 6.10 Å². The minimum Gasteiger partial charge on any atom is -0.388 e. The van der Waals surface area contributed by atoms with Crippen molar-refractivity contribution in [2.75, 3.05) is 11.4 Å². The third-order valence-corrected chi connectivity index (χ3v) is 3.62. The van der Waals surface area contributed by atoms with Crippen molar-refractivity contribution in [3.63, 3.8) is 0 Å². The van der Waals surface area contributed by atoms with Crippen LogP contribution < -0.4 is 4.90 Å². The van der Waals surface area contributed by atoms with E-state index < -0.39 is 0 Å². The summed E-state index contributed by atoms with van der Waals surface area (Å²) in [4.78, 5) is 2.42. The molecule has 0 aliphatic rings. The standard InChI is InChI=1S/C17H29NO/c1-5-7-10-13-18(14(3)4)16-12-9-8-11-15(16)17(19)6-2/h8-9,11-12,14,17,19H,5-7,10,13H2,1-4H3/t17-/m1/s1. The molecule has 0 radical (unpaired) electrons. The zero-order chi connectivity index (χ0) is 14.3. The highest BCUT2D eigenvalue weighted by atomic mass is 16.3. The second-order valence-corrected chi connectivity index (χ2v) is 5.48. The van der Waals surface area contributed by atoms with Gasteiger partial charge in [-0.15, -0.1) is 0 Å². The van der Waals surface area contributed by atoms with Gasteiger partial charge in [0, 0.05) is 23.8 Å². The Hall–Kier alpha value is -1.02. The van der Waals surface area contributed by atoms with E-state index >= 15 is 0 Å². The van der Waals surface area contributed by atoms with Gasteiger partial charge in [-0.1, -0.05) is 44.9 Å². The lowest BCUT2D eigenvalue weighted by Crippen LogP contribution is -2.32. The van der Waals surface area contributed by atoms with Crippen LogP contribution in [0.25, 0.3) is 0 Å². The van der Waals surface area contributed by atoms with Crippen LogP contribution in [0.4, 0.5) is 5.69 Å². The van der Waals surface area contributed by atoms with Crippen LogP contribution in [0.5, 0.6) is 0 Å². The molecule has 0 fully saturated rings. The first-order valence-corrected chi connectivity index (χ1v) is 7.65. The molecule has 0 aromatic heterocycles. The Morgan fingerprint density at radius 2 is 1.79 bits per heavy atom. The van der Waals surface area contributed by atoms with Crippen molar-refractivity contribution in [2.24, 2.45) is 0 Å². The van der Waals surface area contributed by atoms with Crippen LogP contribution in [0, 0.1) is 0 Å². The number of hydrogen-bond donors (Lipinski definition) is 1. The lowest BCUT2D eigenvalue weighted by molar-refractivity contribution is 0.174. The molecule has 0 bridgehead atoms. The smallest absolute Gasteiger partial charge is 0.0807 e. The molecule has 19 heavy (non-hydrogen) atoms. The molecule has 0 aliphatic carbocycles. The van der Waals surface area contributed by atoms with Gasteiger partial charge in [0.2, 0.25) is 0 Å². The Labute approximate surface area is 118 Å². The van der Waals surface area contributed by atoms with Gasteiger partial charge in [-0.25, -0.2) is 0 Å². The van der Waals surface area contributed by atoms with Crippen molar-refractivity contribution in [1.29, 1.82) is 0 Å². The molecular weight excluding hydrogens is 234 g/mol. The molecule has 0 spiro atoms. The van der Waals surface area contributed by atoms with Crippen LogP contribution in [0.15, 0.2) is 24.3 Å². The third kappa shape index (κ3) is 4.54. The summed E-state index contributed by atoms with van der Waals surface area (Å²) >= 11 is 0. The van der Waals surface area contributed by atoms with E-state index in [4.69, 9.17) is 0 Å². The van der Waals surface area contributed by atoms with Gasteiger partial charge in [0.1, 0.15) is 0 Å². The maximum absolute atomic E-state index is 10.2. The van der Waals surface area contributed by atoms with Crippen molar-refractivity contribution in [3.05, 3.63) is 29.8 Å². The fourth-order valence-corrected chi connectivity index (χ4v) is 2.44. The van der Waals surface area contributed by atoms with Gasteiger partial charge in [0.15, 0.2) is 0 Å². The number of nitrogens with zero attached hydrogens (tertiary/aromatic N) is 1. The van der Waals surface area contributed by atoms with E-state index in [9.17, 15) is 5.11 Å². The maximum Gasteiger partial charge on any atom is 0.0807 e. The molecule has 0 amide bonds. The molecule has 0 saturated heterocycles. The molecule has 2 heteroatoms. The van der Waals surface area contributed by atoms with Crippen LogP contribution in [-0.4, -0.2) is 17.7 Å². The van der Waals surface area contributed by atoms with Gasteiger partial charge in [-0.2, -0.15) is 0 Å². The first-order chi connectivity index (χ1) is 9.11. The van der Waals surface area contributed by atoms with Crippen molar-refractivity contribution < 1.29 is 5.11 Å².